The van der Waals surface area contributed by atoms with E-state index in [9.17, 15) is 10.1 Å². The minimum absolute atomic E-state index is 0. The van der Waals surface area contributed by atoms with Crippen LogP contribution in [0.3, 0.4) is 0 Å². The Kier molecular flexibility index (Phi) is 3.78. The number of hydrogen-bond donors (Lipinski definition) is 0. The minimum Gasteiger partial charge on any atom is -0.258 e. The molecule has 0 unspecified atom stereocenters. The molecule has 1 aromatic carbocycles. The molecule has 0 heterocycles. The summed E-state index contributed by atoms with van der Waals surface area (Å²) in [6.45, 7) is 0. The Hall–Kier alpha value is -0.783. The van der Waals surface area contributed by atoms with Gasteiger partial charge < -0.3 is 0 Å². The second-order valence-electron chi connectivity index (χ2n) is 1.59. The van der Waals surface area contributed by atoms with Crippen LogP contribution in [0.25, 0.3) is 0 Å². The Bertz CT molecular complexity index is 212. The maximum atomic E-state index is 10.0. The van der Waals surface area contributed by atoms with Gasteiger partial charge in [-0.2, -0.15) is 0 Å². The Balaban J connectivity index is 0.000000810. The molecule has 46 valence electrons. The Morgan fingerprint density at radius 1 is 1.20 bits per heavy atom. The summed E-state index contributed by atoms with van der Waals surface area (Å²) in [5.74, 6) is 0. The molecule has 3 nitrogen and oxygen atoms in total. The quantitative estimate of drug-likeness (QED) is 0.266. The van der Waals surface area contributed by atoms with Gasteiger partial charge in [0.05, 0.1) is 4.92 Å². The molecule has 0 fully saturated rings. The molecular formula is C6H5LiNO2+. The number of benzene rings is 1. The number of para-hydroxylation sites is 1. The third-order valence-corrected chi connectivity index (χ3v) is 0.967. The Morgan fingerprint density at radius 3 is 2.00 bits per heavy atom. The zero-order chi connectivity index (χ0) is 6.69. The van der Waals surface area contributed by atoms with E-state index in [-0.39, 0.29) is 24.5 Å². The van der Waals surface area contributed by atoms with Crippen molar-refractivity contribution in [2.45, 2.75) is 0 Å². The van der Waals surface area contributed by atoms with E-state index < -0.39 is 4.92 Å². The smallest absolute Gasteiger partial charge is 0.258 e. The summed E-state index contributed by atoms with van der Waals surface area (Å²) in [7, 11) is 0. The van der Waals surface area contributed by atoms with Gasteiger partial charge in [0, 0.05) is 12.1 Å². The molecule has 0 amide bonds. The van der Waals surface area contributed by atoms with Crippen LogP contribution in [-0.4, -0.2) is 4.92 Å². The fourth-order valence-electron chi connectivity index (χ4n) is 0.550. The first-order valence-corrected chi connectivity index (χ1v) is 2.50. The normalized spacial score (nSPS) is 8.00. The van der Waals surface area contributed by atoms with Crippen molar-refractivity contribution in [1.82, 2.24) is 0 Å². The van der Waals surface area contributed by atoms with E-state index in [1.165, 1.54) is 12.1 Å². The molecule has 10 heavy (non-hydrogen) atoms. The van der Waals surface area contributed by atoms with Crippen LogP contribution in [0.2, 0.25) is 0 Å². The molecule has 0 spiro atoms. The molecule has 0 N–H and O–H groups in total. The summed E-state index contributed by atoms with van der Waals surface area (Å²) in [5, 5.41) is 10.0. The van der Waals surface area contributed by atoms with Crippen molar-refractivity contribution in [3.63, 3.8) is 0 Å². The molecule has 0 aliphatic carbocycles. The van der Waals surface area contributed by atoms with Gasteiger partial charge in [0.25, 0.3) is 5.69 Å². The molecule has 1 rings (SSSR count). The van der Waals surface area contributed by atoms with Crippen LogP contribution in [-0.2, 0) is 0 Å². The average Bonchev–Trinajstić information content (AvgIpc) is 1.90. The van der Waals surface area contributed by atoms with E-state index in [1.54, 1.807) is 18.2 Å². The SMILES string of the molecule is O=[N+]([O-])c1ccccc1.[Li+]. The van der Waals surface area contributed by atoms with Crippen LogP contribution in [0.5, 0.6) is 0 Å². The summed E-state index contributed by atoms with van der Waals surface area (Å²) in [5.41, 5.74) is 0.137. The topological polar surface area (TPSA) is 43.1 Å². The second kappa shape index (κ2) is 4.10. The van der Waals surface area contributed by atoms with E-state index in [1.807, 2.05) is 0 Å². The number of hydrogen-bond acceptors (Lipinski definition) is 2. The number of nitrogens with zero attached hydrogens (tertiary/aromatic N) is 1. The van der Waals surface area contributed by atoms with Crippen molar-refractivity contribution in [2.24, 2.45) is 0 Å². The van der Waals surface area contributed by atoms with Crippen molar-refractivity contribution < 1.29 is 23.8 Å². The molecule has 0 aromatic heterocycles. The third kappa shape index (κ3) is 2.22. The monoisotopic (exact) mass is 130 g/mol. The fraction of sp³-hybridized carbons (Fsp3) is 0. The summed E-state index contributed by atoms with van der Waals surface area (Å²) in [6, 6.07) is 7.93. The molecule has 4 heteroatoms. The van der Waals surface area contributed by atoms with Crippen LogP contribution < -0.4 is 18.9 Å². The summed E-state index contributed by atoms with van der Waals surface area (Å²) >= 11 is 0. The van der Waals surface area contributed by atoms with Gasteiger partial charge in [0.15, 0.2) is 0 Å². The number of nitro groups is 1. The molecule has 0 bridgehead atoms. The van der Waals surface area contributed by atoms with Crippen LogP contribution in [0, 0.1) is 10.1 Å². The fourth-order valence-corrected chi connectivity index (χ4v) is 0.550. The van der Waals surface area contributed by atoms with Crippen LogP contribution in [0.1, 0.15) is 0 Å². The number of rotatable bonds is 1. The first kappa shape index (κ1) is 9.22. The third-order valence-electron chi connectivity index (χ3n) is 0.967. The van der Waals surface area contributed by atoms with Crippen molar-refractivity contribution in [2.75, 3.05) is 0 Å². The van der Waals surface area contributed by atoms with Crippen LogP contribution in [0.4, 0.5) is 5.69 Å². The summed E-state index contributed by atoms with van der Waals surface area (Å²) < 4.78 is 0. The number of nitro benzene ring substituents is 1. The van der Waals surface area contributed by atoms with Gasteiger partial charge in [0.2, 0.25) is 0 Å². The Morgan fingerprint density at radius 2 is 1.70 bits per heavy atom. The maximum absolute atomic E-state index is 10.0. The number of non-ortho nitro benzene ring substituents is 1. The maximum Gasteiger partial charge on any atom is 1.00 e. The van der Waals surface area contributed by atoms with E-state index in [0.717, 1.165) is 0 Å². The van der Waals surface area contributed by atoms with E-state index in [2.05, 4.69) is 0 Å². The predicted octanol–water partition coefficient (Wildman–Crippen LogP) is -1.40. The van der Waals surface area contributed by atoms with Crippen molar-refractivity contribution in [3.05, 3.63) is 40.4 Å². The standard InChI is InChI=1S/C6H5NO2.Li/c8-7(9)6-4-2-1-3-5-6;/h1-5H;/q;+1. The van der Waals surface area contributed by atoms with Gasteiger partial charge >= 0.3 is 18.9 Å². The van der Waals surface area contributed by atoms with Crippen molar-refractivity contribution >= 4 is 5.69 Å². The predicted molar refractivity (Wildman–Crippen MR) is 33.1 cm³/mol. The minimum atomic E-state index is -0.417. The van der Waals surface area contributed by atoms with Crippen LogP contribution >= 0.6 is 0 Å². The summed E-state index contributed by atoms with van der Waals surface area (Å²) in [6.07, 6.45) is 0. The Labute approximate surface area is 70.4 Å². The van der Waals surface area contributed by atoms with Gasteiger partial charge in [-0.3, -0.25) is 10.1 Å². The molecule has 0 atom stereocenters. The van der Waals surface area contributed by atoms with Gasteiger partial charge in [-0.1, -0.05) is 18.2 Å². The van der Waals surface area contributed by atoms with Crippen LogP contribution in [0.15, 0.2) is 30.3 Å². The van der Waals surface area contributed by atoms with Crippen molar-refractivity contribution in [1.29, 1.82) is 0 Å². The molecule has 0 saturated carbocycles. The van der Waals surface area contributed by atoms with Gasteiger partial charge in [-0.25, -0.2) is 0 Å². The molecule has 0 saturated heterocycles. The molecule has 0 radical (unpaired) electrons. The summed E-state index contributed by atoms with van der Waals surface area (Å²) in [4.78, 5) is 9.59. The van der Waals surface area contributed by atoms with E-state index in [4.69, 9.17) is 0 Å². The van der Waals surface area contributed by atoms with Gasteiger partial charge in [-0.05, 0) is 0 Å². The molecule has 0 aliphatic heterocycles. The van der Waals surface area contributed by atoms with Crippen molar-refractivity contribution in [3.8, 4) is 0 Å². The molecule has 1 aromatic rings. The van der Waals surface area contributed by atoms with E-state index >= 15 is 0 Å². The zero-order valence-corrected chi connectivity index (χ0v) is 5.65. The second-order valence-corrected chi connectivity index (χ2v) is 1.59. The molecular weight excluding hydrogens is 125 g/mol. The largest absolute Gasteiger partial charge is 1.00 e. The average molecular weight is 130 g/mol. The van der Waals surface area contributed by atoms with Gasteiger partial charge in [-0.15, -0.1) is 0 Å². The van der Waals surface area contributed by atoms with E-state index in [0.29, 0.717) is 0 Å². The first-order valence-electron chi connectivity index (χ1n) is 2.50. The van der Waals surface area contributed by atoms with Gasteiger partial charge in [0.1, 0.15) is 0 Å². The molecule has 0 aliphatic rings. The first-order chi connectivity index (χ1) is 4.30. The zero-order valence-electron chi connectivity index (χ0n) is 5.65.